The van der Waals surface area contributed by atoms with Crippen molar-refractivity contribution in [2.45, 2.75) is 38.8 Å². The van der Waals surface area contributed by atoms with Crippen molar-refractivity contribution < 1.29 is 23.0 Å². The molecule has 1 atom stereocenters. The molecule has 0 radical (unpaired) electrons. The molecule has 1 aliphatic heterocycles. The summed E-state index contributed by atoms with van der Waals surface area (Å²) in [5.74, 6) is 0.0662. The van der Waals surface area contributed by atoms with Gasteiger partial charge in [0.25, 0.3) is 5.91 Å². The fourth-order valence-corrected chi connectivity index (χ4v) is 4.60. The Morgan fingerprint density at radius 2 is 1.71 bits per heavy atom. The second kappa shape index (κ2) is 11.6. The maximum absolute atomic E-state index is 13.7. The first-order valence-electron chi connectivity index (χ1n) is 12.8. The lowest BCUT2D eigenvalue weighted by Gasteiger charge is -2.26. The number of amides is 1. The van der Waals surface area contributed by atoms with Crippen molar-refractivity contribution in [3.05, 3.63) is 107 Å². The van der Waals surface area contributed by atoms with Crippen molar-refractivity contribution in [1.29, 1.82) is 0 Å². The number of ether oxygens (including phenoxy) is 2. The number of hydrogen-bond donors (Lipinski definition) is 0. The van der Waals surface area contributed by atoms with Gasteiger partial charge >= 0.3 is 0 Å². The van der Waals surface area contributed by atoms with E-state index in [0.29, 0.717) is 42.5 Å². The lowest BCUT2D eigenvalue weighted by atomic mass is 10.1. The summed E-state index contributed by atoms with van der Waals surface area (Å²) >= 11 is 0. The van der Waals surface area contributed by atoms with Crippen molar-refractivity contribution in [2.24, 2.45) is 0 Å². The Morgan fingerprint density at radius 1 is 1.03 bits per heavy atom. The molecular weight excluding hydrogens is 488 g/mol. The number of aromatic nitrogens is 2. The molecule has 8 heteroatoms. The molecule has 0 aliphatic carbocycles. The van der Waals surface area contributed by atoms with Gasteiger partial charge in [-0.25, -0.2) is 13.5 Å². The smallest absolute Gasteiger partial charge is 0.254 e. The first kappa shape index (κ1) is 25.6. The standard InChI is InChI=1S/C30H29F2N3O3/c1-2-28-27(20-34(19-26-9-6-18-37-26)29(36)21-10-12-22(31)13-11-21)30(38-25-7-4-3-5-8-25)35(33-28)24-16-14-23(32)15-17-24/h3-5,7-8,10-17,26H,2,6,9,18-20H2,1H3/t26-/m1/s1. The number of carbonyl (C=O) groups is 1. The molecule has 1 aliphatic rings. The highest BCUT2D eigenvalue weighted by Crippen LogP contribution is 2.33. The first-order valence-corrected chi connectivity index (χ1v) is 12.8. The third-order valence-corrected chi connectivity index (χ3v) is 6.56. The monoisotopic (exact) mass is 517 g/mol. The van der Waals surface area contributed by atoms with E-state index in [0.717, 1.165) is 24.1 Å². The number of hydrogen-bond acceptors (Lipinski definition) is 4. The van der Waals surface area contributed by atoms with Gasteiger partial charge in [0.05, 0.1) is 29.6 Å². The summed E-state index contributed by atoms with van der Waals surface area (Å²) in [6.07, 6.45) is 2.30. The predicted octanol–water partition coefficient (Wildman–Crippen LogP) is 6.33. The minimum atomic E-state index is -0.403. The zero-order valence-corrected chi connectivity index (χ0v) is 21.1. The highest BCUT2D eigenvalue weighted by molar-refractivity contribution is 5.94. The first-order chi connectivity index (χ1) is 18.5. The van der Waals surface area contributed by atoms with Crippen LogP contribution in [0.25, 0.3) is 5.69 Å². The van der Waals surface area contributed by atoms with Gasteiger partial charge in [-0.3, -0.25) is 4.79 Å². The quantitative estimate of drug-likeness (QED) is 0.261. The molecule has 0 N–H and O–H groups in total. The molecule has 6 nitrogen and oxygen atoms in total. The van der Waals surface area contributed by atoms with Crippen molar-refractivity contribution in [3.8, 4) is 17.3 Å². The van der Waals surface area contributed by atoms with Gasteiger partial charge in [0.2, 0.25) is 5.88 Å². The van der Waals surface area contributed by atoms with E-state index >= 15 is 0 Å². The summed E-state index contributed by atoms with van der Waals surface area (Å²) in [6.45, 7) is 3.24. The Morgan fingerprint density at radius 3 is 2.34 bits per heavy atom. The maximum Gasteiger partial charge on any atom is 0.254 e. The topological polar surface area (TPSA) is 56.6 Å². The van der Waals surface area contributed by atoms with Gasteiger partial charge < -0.3 is 14.4 Å². The van der Waals surface area contributed by atoms with Crippen LogP contribution in [0.15, 0.2) is 78.9 Å². The number of nitrogens with zero attached hydrogens (tertiary/aromatic N) is 3. The van der Waals surface area contributed by atoms with Crippen LogP contribution in [0.3, 0.4) is 0 Å². The van der Waals surface area contributed by atoms with Crippen LogP contribution in [-0.2, 0) is 17.7 Å². The van der Waals surface area contributed by atoms with Crippen molar-refractivity contribution in [1.82, 2.24) is 14.7 Å². The van der Waals surface area contributed by atoms with Crippen LogP contribution in [0.5, 0.6) is 11.6 Å². The van der Waals surface area contributed by atoms with Gasteiger partial charge in [-0.2, -0.15) is 5.10 Å². The van der Waals surface area contributed by atoms with Crippen LogP contribution in [-0.4, -0.2) is 39.8 Å². The van der Waals surface area contributed by atoms with Crippen LogP contribution >= 0.6 is 0 Å². The zero-order chi connectivity index (χ0) is 26.5. The SMILES string of the molecule is CCc1nn(-c2ccc(F)cc2)c(Oc2ccccc2)c1CN(C[C@H]1CCCO1)C(=O)c1ccc(F)cc1. The third kappa shape index (κ3) is 5.75. The number of aryl methyl sites for hydroxylation is 1. The molecule has 5 rings (SSSR count). The summed E-state index contributed by atoms with van der Waals surface area (Å²) in [5, 5.41) is 4.80. The van der Waals surface area contributed by atoms with E-state index in [9.17, 15) is 13.6 Å². The lowest BCUT2D eigenvalue weighted by molar-refractivity contribution is 0.0505. The van der Waals surface area contributed by atoms with Gasteiger partial charge in [0, 0.05) is 18.7 Å². The summed E-state index contributed by atoms with van der Waals surface area (Å²) < 4.78 is 41.1. The molecule has 4 aromatic rings. The molecule has 0 saturated carbocycles. The minimum absolute atomic E-state index is 0.0879. The molecule has 1 saturated heterocycles. The largest absolute Gasteiger partial charge is 0.439 e. The van der Waals surface area contributed by atoms with Gasteiger partial charge in [-0.15, -0.1) is 0 Å². The average Bonchev–Trinajstić information content (AvgIpc) is 3.57. The van der Waals surface area contributed by atoms with Crippen LogP contribution in [0, 0.1) is 11.6 Å². The van der Waals surface area contributed by atoms with Gasteiger partial charge in [0.1, 0.15) is 17.4 Å². The lowest BCUT2D eigenvalue weighted by Crippen LogP contribution is -2.37. The Balaban J connectivity index is 1.57. The molecule has 0 bridgehead atoms. The van der Waals surface area contributed by atoms with Gasteiger partial charge in [0.15, 0.2) is 0 Å². The van der Waals surface area contributed by atoms with E-state index in [1.807, 2.05) is 37.3 Å². The van der Waals surface area contributed by atoms with E-state index in [-0.39, 0.29) is 24.4 Å². The summed E-state index contributed by atoms with van der Waals surface area (Å²) in [5.41, 5.74) is 2.52. The van der Waals surface area contributed by atoms with Crippen LogP contribution in [0.4, 0.5) is 8.78 Å². The predicted molar refractivity (Wildman–Crippen MR) is 140 cm³/mol. The number of carbonyl (C=O) groups excluding carboxylic acids is 1. The van der Waals surface area contributed by atoms with Crippen molar-refractivity contribution in [2.75, 3.05) is 13.2 Å². The van der Waals surface area contributed by atoms with E-state index in [4.69, 9.17) is 14.6 Å². The second-order valence-electron chi connectivity index (χ2n) is 9.21. The van der Waals surface area contributed by atoms with Gasteiger partial charge in [-0.1, -0.05) is 25.1 Å². The molecule has 1 aromatic heterocycles. The molecule has 196 valence electrons. The van der Waals surface area contributed by atoms with Crippen LogP contribution in [0.1, 0.15) is 41.4 Å². The molecule has 3 aromatic carbocycles. The molecular formula is C30H29F2N3O3. The van der Waals surface area contributed by atoms with E-state index in [2.05, 4.69) is 0 Å². The van der Waals surface area contributed by atoms with E-state index in [1.54, 1.807) is 21.7 Å². The molecule has 1 amide bonds. The normalized spacial score (nSPS) is 15.0. The average molecular weight is 518 g/mol. The minimum Gasteiger partial charge on any atom is -0.439 e. The number of rotatable bonds is 9. The number of benzene rings is 3. The van der Waals surface area contributed by atoms with Crippen LogP contribution in [0.2, 0.25) is 0 Å². The molecule has 0 unspecified atom stereocenters. The van der Waals surface area contributed by atoms with Crippen molar-refractivity contribution >= 4 is 5.91 Å². The fraction of sp³-hybridized carbons (Fsp3) is 0.267. The fourth-order valence-electron chi connectivity index (χ4n) is 4.60. The van der Waals surface area contributed by atoms with E-state index in [1.165, 1.54) is 36.4 Å². The molecule has 1 fully saturated rings. The maximum atomic E-state index is 13.7. The molecule has 2 heterocycles. The zero-order valence-electron chi connectivity index (χ0n) is 21.1. The highest BCUT2D eigenvalue weighted by Gasteiger charge is 2.28. The highest BCUT2D eigenvalue weighted by atomic mass is 19.1. The summed E-state index contributed by atoms with van der Waals surface area (Å²) in [4.78, 5) is 15.4. The number of halogens is 2. The Bertz CT molecular complexity index is 1370. The Kier molecular flexibility index (Phi) is 7.79. The Labute approximate surface area is 220 Å². The summed E-state index contributed by atoms with van der Waals surface area (Å²) in [6, 6.07) is 20.9. The molecule has 38 heavy (non-hydrogen) atoms. The van der Waals surface area contributed by atoms with E-state index < -0.39 is 5.82 Å². The Hall–Kier alpha value is -4.04. The molecule has 0 spiro atoms. The summed E-state index contributed by atoms with van der Waals surface area (Å²) in [7, 11) is 0. The third-order valence-electron chi connectivity index (χ3n) is 6.56. The number of para-hydroxylation sites is 1. The second-order valence-corrected chi connectivity index (χ2v) is 9.21. The van der Waals surface area contributed by atoms with Crippen LogP contribution < -0.4 is 4.74 Å². The van der Waals surface area contributed by atoms with Gasteiger partial charge in [-0.05, 0) is 79.9 Å². The van der Waals surface area contributed by atoms with Crippen molar-refractivity contribution in [3.63, 3.8) is 0 Å².